The molecular weight excluding hydrogens is 350 g/mol. The first kappa shape index (κ1) is 17.7. The Morgan fingerprint density at radius 3 is 2.54 bits per heavy atom. The number of rotatable bonds is 3. The van der Waals surface area contributed by atoms with Crippen LogP contribution in [0.2, 0.25) is 0 Å². The highest BCUT2D eigenvalue weighted by Crippen LogP contribution is 2.35. The molecule has 6 nitrogen and oxygen atoms in total. The van der Waals surface area contributed by atoms with Gasteiger partial charge in [0, 0.05) is 31.2 Å². The molecule has 3 heterocycles. The molecule has 28 heavy (non-hydrogen) atoms. The Morgan fingerprint density at radius 2 is 1.82 bits per heavy atom. The number of aromatic nitrogens is 4. The first-order valence-electron chi connectivity index (χ1n) is 8.91. The molecule has 0 amide bonds. The highest BCUT2D eigenvalue weighted by Gasteiger charge is 2.16. The van der Waals surface area contributed by atoms with Gasteiger partial charge in [-0.2, -0.15) is 10.2 Å². The van der Waals surface area contributed by atoms with Gasteiger partial charge in [0.2, 0.25) is 5.88 Å². The summed E-state index contributed by atoms with van der Waals surface area (Å²) in [5.74, 6) is 1.96. The number of hydrogen-bond donors (Lipinski definition) is 0. The van der Waals surface area contributed by atoms with Crippen LogP contribution in [0.25, 0.3) is 22.2 Å². The third kappa shape index (κ3) is 2.97. The first-order valence-corrected chi connectivity index (χ1v) is 8.91. The van der Waals surface area contributed by atoms with E-state index in [0.717, 1.165) is 39.0 Å². The Balaban J connectivity index is 1.81. The van der Waals surface area contributed by atoms with Crippen LogP contribution < -0.4 is 4.74 Å². The first-order chi connectivity index (χ1) is 13.5. The SMILES string of the molecule is Cc1nc(Oc2c(C)cc(-c3ccncc3C#N)cc2C)c2c(ccn2C)n1. The van der Waals surface area contributed by atoms with Gasteiger partial charge in [-0.3, -0.25) is 4.98 Å². The quantitative estimate of drug-likeness (QED) is 0.527. The molecule has 0 saturated heterocycles. The molecule has 0 unspecified atom stereocenters. The topological polar surface area (TPSA) is 76.6 Å². The van der Waals surface area contributed by atoms with Gasteiger partial charge < -0.3 is 9.30 Å². The second-order valence-corrected chi connectivity index (χ2v) is 6.81. The van der Waals surface area contributed by atoms with E-state index in [4.69, 9.17) is 4.74 Å². The van der Waals surface area contributed by atoms with Crippen LogP contribution in [0.3, 0.4) is 0 Å². The van der Waals surface area contributed by atoms with Crippen LogP contribution in [0.4, 0.5) is 0 Å². The molecule has 0 aliphatic heterocycles. The molecule has 0 aliphatic carbocycles. The van der Waals surface area contributed by atoms with E-state index < -0.39 is 0 Å². The Morgan fingerprint density at radius 1 is 1.07 bits per heavy atom. The molecule has 0 fully saturated rings. The van der Waals surface area contributed by atoms with Gasteiger partial charge in [-0.15, -0.1) is 0 Å². The van der Waals surface area contributed by atoms with E-state index in [1.54, 1.807) is 12.4 Å². The fourth-order valence-electron chi connectivity index (χ4n) is 3.44. The normalized spacial score (nSPS) is 10.8. The van der Waals surface area contributed by atoms with Crippen molar-refractivity contribution in [3.05, 3.63) is 65.4 Å². The molecule has 4 aromatic rings. The number of aryl methyl sites for hydroxylation is 4. The van der Waals surface area contributed by atoms with Crippen molar-refractivity contribution in [3.8, 4) is 28.8 Å². The molecule has 1 aromatic carbocycles. The summed E-state index contributed by atoms with van der Waals surface area (Å²) in [6.45, 7) is 5.85. The average molecular weight is 369 g/mol. The number of pyridine rings is 1. The lowest BCUT2D eigenvalue weighted by molar-refractivity contribution is 0.457. The minimum atomic E-state index is 0.538. The summed E-state index contributed by atoms with van der Waals surface area (Å²) in [6, 6.07) is 10.1. The lowest BCUT2D eigenvalue weighted by Gasteiger charge is -2.15. The van der Waals surface area contributed by atoms with E-state index in [9.17, 15) is 5.26 Å². The fraction of sp³-hybridized carbons (Fsp3) is 0.182. The minimum absolute atomic E-state index is 0.538. The summed E-state index contributed by atoms with van der Waals surface area (Å²) in [7, 11) is 1.95. The van der Waals surface area contributed by atoms with Gasteiger partial charge in [0.05, 0.1) is 11.1 Å². The summed E-state index contributed by atoms with van der Waals surface area (Å²) in [4.78, 5) is 13.0. The third-order valence-electron chi connectivity index (χ3n) is 4.71. The molecule has 6 heteroatoms. The van der Waals surface area contributed by atoms with Crippen molar-refractivity contribution in [2.75, 3.05) is 0 Å². The van der Waals surface area contributed by atoms with Gasteiger partial charge in [-0.05, 0) is 61.7 Å². The summed E-state index contributed by atoms with van der Waals surface area (Å²) in [5.41, 5.74) is 6.01. The van der Waals surface area contributed by atoms with E-state index in [1.165, 1.54) is 0 Å². The molecule has 3 aromatic heterocycles. The lowest BCUT2D eigenvalue weighted by atomic mass is 9.97. The molecule has 0 bridgehead atoms. The van der Waals surface area contributed by atoms with Gasteiger partial charge in [0.15, 0.2) is 0 Å². The molecular formula is C22H19N5O. The maximum Gasteiger partial charge on any atom is 0.247 e. The molecule has 0 N–H and O–H groups in total. The number of nitriles is 1. The van der Waals surface area contributed by atoms with Crippen molar-refractivity contribution in [3.63, 3.8) is 0 Å². The summed E-state index contributed by atoms with van der Waals surface area (Å²) in [6.07, 6.45) is 5.22. The molecule has 0 atom stereocenters. The standard InChI is InChI=1S/C22H19N5O/c1-13-9-16(18-5-7-24-12-17(18)11-23)10-14(2)21(13)28-22-20-19(6-8-27(20)4)25-15(3)26-22/h5-10,12H,1-4H3. The van der Waals surface area contributed by atoms with Crippen LogP contribution in [0.15, 0.2) is 42.9 Å². The molecule has 138 valence electrons. The minimum Gasteiger partial charge on any atom is -0.436 e. The maximum absolute atomic E-state index is 9.37. The number of ether oxygens (including phenoxy) is 1. The zero-order valence-corrected chi connectivity index (χ0v) is 16.2. The van der Waals surface area contributed by atoms with Crippen molar-refractivity contribution in [2.45, 2.75) is 20.8 Å². The van der Waals surface area contributed by atoms with Crippen LogP contribution in [0, 0.1) is 32.1 Å². The van der Waals surface area contributed by atoms with Crippen molar-refractivity contribution < 1.29 is 4.74 Å². The monoisotopic (exact) mass is 369 g/mol. The zero-order valence-electron chi connectivity index (χ0n) is 16.2. The maximum atomic E-state index is 9.37. The molecule has 0 spiro atoms. The zero-order chi connectivity index (χ0) is 19.8. The van der Waals surface area contributed by atoms with Crippen LogP contribution in [0.5, 0.6) is 11.6 Å². The summed E-state index contributed by atoms with van der Waals surface area (Å²) < 4.78 is 8.23. The molecule has 0 aliphatic rings. The lowest BCUT2D eigenvalue weighted by Crippen LogP contribution is -2.00. The number of fused-ring (bicyclic) bond motifs is 1. The van der Waals surface area contributed by atoms with Gasteiger partial charge in [0.1, 0.15) is 23.2 Å². The summed E-state index contributed by atoms with van der Waals surface area (Å²) in [5, 5.41) is 9.37. The van der Waals surface area contributed by atoms with Crippen LogP contribution in [0.1, 0.15) is 22.5 Å². The van der Waals surface area contributed by atoms with Gasteiger partial charge in [-0.25, -0.2) is 4.98 Å². The number of benzene rings is 1. The van der Waals surface area contributed by atoms with E-state index in [1.807, 2.05) is 62.8 Å². The van der Waals surface area contributed by atoms with Crippen LogP contribution in [-0.4, -0.2) is 19.5 Å². The number of hydrogen-bond acceptors (Lipinski definition) is 5. The van der Waals surface area contributed by atoms with E-state index >= 15 is 0 Å². The van der Waals surface area contributed by atoms with Crippen molar-refractivity contribution >= 4 is 11.0 Å². The third-order valence-corrected chi connectivity index (χ3v) is 4.71. The predicted octanol–water partition coefficient (Wildman–Crippen LogP) is 4.62. The van der Waals surface area contributed by atoms with Crippen LogP contribution >= 0.6 is 0 Å². The Labute approximate surface area is 163 Å². The molecule has 4 rings (SSSR count). The van der Waals surface area contributed by atoms with Crippen molar-refractivity contribution in [1.82, 2.24) is 19.5 Å². The van der Waals surface area contributed by atoms with Crippen molar-refractivity contribution in [2.24, 2.45) is 7.05 Å². The van der Waals surface area contributed by atoms with Gasteiger partial charge >= 0.3 is 0 Å². The smallest absolute Gasteiger partial charge is 0.247 e. The van der Waals surface area contributed by atoms with Gasteiger partial charge in [-0.1, -0.05) is 0 Å². The fourth-order valence-corrected chi connectivity index (χ4v) is 3.44. The molecule has 0 saturated carbocycles. The predicted molar refractivity (Wildman–Crippen MR) is 107 cm³/mol. The van der Waals surface area contributed by atoms with Gasteiger partial charge in [0.25, 0.3) is 0 Å². The second kappa shape index (κ2) is 6.78. The summed E-state index contributed by atoms with van der Waals surface area (Å²) >= 11 is 0. The highest BCUT2D eigenvalue weighted by molar-refractivity contribution is 5.81. The van der Waals surface area contributed by atoms with Crippen molar-refractivity contribution in [1.29, 1.82) is 5.26 Å². The average Bonchev–Trinajstić information content (AvgIpc) is 3.05. The highest BCUT2D eigenvalue weighted by atomic mass is 16.5. The van der Waals surface area contributed by atoms with E-state index in [-0.39, 0.29) is 0 Å². The Kier molecular flexibility index (Phi) is 4.28. The second-order valence-electron chi connectivity index (χ2n) is 6.81. The van der Waals surface area contributed by atoms with E-state index in [0.29, 0.717) is 17.3 Å². The Bertz CT molecular complexity index is 1230. The largest absolute Gasteiger partial charge is 0.436 e. The van der Waals surface area contributed by atoms with E-state index in [2.05, 4.69) is 21.0 Å². The molecule has 0 radical (unpaired) electrons. The van der Waals surface area contributed by atoms with Crippen LogP contribution in [-0.2, 0) is 7.05 Å². The number of nitrogens with zero attached hydrogens (tertiary/aromatic N) is 5. The Hall–Kier alpha value is -3.72.